The van der Waals surface area contributed by atoms with Gasteiger partial charge in [0, 0.05) is 52.0 Å². The fourth-order valence-corrected chi connectivity index (χ4v) is 3.41. The molecule has 1 atom stereocenters. The van der Waals surface area contributed by atoms with E-state index in [1.807, 2.05) is 11.0 Å². The third-order valence-corrected chi connectivity index (χ3v) is 4.87. The van der Waals surface area contributed by atoms with Crippen LogP contribution >= 0.6 is 24.0 Å². The Balaban J connectivity index is 0.00000300. The monoisotopic (exact) mass is 512 g/mol. The van der Waals surface area contributed by atoms with E-state index >= 15 is 0 Å². The van der Waals surface area contributed by atoms with Crippen molar-refractivity contribution >= 4 is 35.8 Å². The van der Waals surface area contributed by atoms with Crippen molar-refractivity contribution in [1.29, 1.82) is 0 Å². The van der Waals surface area contributed by atoms with Crippen LogP contribution in [0.4, 0.5) is 10.2 Å². The number of hydrogen-bond acceptors (Lipinski definition) is 4. The van der Waals surface area contributed by atoms with E-state index in [9.17, 15) is 4.39 Å². The summed E-state index contributed by atoms with van der Waals surface area (Å²) in [6, 6.07) is 13.7. The molecular weight excluding hydrogens is 482 g/mol. The van der Waals surface area contributed by atoms with Crippen molar-refractivity contribution in [3.8, 4) is 0 Å². The molecule has 158 valence electrons. The Hall–Kier alpha value is -1.94. The zero-order chi connectivity index (χ0) is 19.8. The van der Waals surface area contributed by atoms with Gasteiger partial charge in [-0.05, 0) is 31.2 Å². The Kier molecular flexibility index (Phi) is 9.59. The molecule has 1 aliphatic heterocycles. The summed E-state index contributed by atoms with van der Waals surface area (Å²) >= 11 is 0. The molecule has 8 heteroatoms. The molecule has 2 heterocycles. The second kappa shape index (κ2) is 11.9. The molecule has 0 spiro atoms. The minimum absolute atomic E-state index is 0. The summed E-state index contributed by atoms with van der Waals surface area (Å²) in [6.07, 6.45) is 2.55. The molecule has 0 aliphatic carbocycles. The van der Waals surface area contributed by atoms with Crippen LogP contribution in [-0.4, -0.2) is 62.2 Å². The van der Waals surface area contributed by atoms with Crippen molar-refractivity contribution in [1.82, 2.24) is 20.5 Å². The Bertz CT molecular complexity index is 773. The summed E-state index contributed by atoms with van der Waals surface area (Å²) in [4.78, 5) is 12.7. The van der Waals surface area contributed by atoms with E-state index in [1.54, 1.807) is 19.3 Å². The number of aliphatic imine (C=N–C) groups is 1. The van der Waals surface area contributed by atoms with Gasteiger partial charge in [0.1, 0.15) is 0 Å². The summed E-state index contributed by atoms with van der Waals surface area (Å²) in [5, 5.41) is 6.80. The molecule has 29 heavy (non-hydrogen) atoms. The van der Waals surface area contributed by atoms with Crippen molar-refractivity contribution < 1.29 is 4.39 Å². The van der Waals surface area contributed by atoms with Crippen LogP contribution < -0.4 is 15.5 Å². The first kappa shape index (κ1) is 23.3. The second-order valence-corrected chi connectivity index (χ2v) is 7.11. The zero-order valence-electron chi connectivity index (χ0n) is 17.0. The summed E-state index contributed by atoms with van der Waals surface area (Å²) < 4.78 is 13.9. The molecule has 3 rings (SSSR count). The van der Waals surface area contributed by atoms with Crippen LogP contribution in [0.25, 0.3) is 0 Å². The van der Waals surface area contributed by atoms with Crippen molar-refractivity contribution in [2.24, 2.45) is 4.99 Å². The number of rotatable bonds is 7. The van der Waals surface area contributed by atoms with Crippen LogP contribution in [0.5, 0.6) is 0 Å². The first-order valence-electron chi connectivity index (χ1n) is 9.71. The number of aromatic nitrogens is 1. The summed E-state index contributed by atoms with van der Waals surface area (Å²) in [6.45, 7) is 4.12. The largest absolute Gasteiger partial charge is 0.355 e. The van der Waals surface area contributed by atoms with E-state index in [0.29, 0.717) is 12.4 Å². The van der Waals surface area contributed by atoms with Gasteiger partial charge in [0.25, 0.3) is 0 Å². The molecule has 1 aromatic carbocycles. The summed E-state index contributed by atoms with van der Waals surface area (Å²) in [5.41, 5.74) is 1.31. The number of hydrogen-bond donors (Lipinski definition) is 2. The van der Waals surface area contributed by atoms with Crippen LogP contribution in [0.3, 0.4) is 0 Å². The van der Waals surface area contributed by atoms with E-state index in [1.165, 1.54) is 11.6 Å². The Morgan fingerprint density at radius 2 is 2.07 bits per heavy atom. The molecule has 0 amide bonds. The highest BCUT2D eigenvalue weighted by atomic mass is 127. The normalized spacial score (nSPS) is 16.6. The molecular formula is C21H30FIN6. The van der Waals surface area contributed by atoms with Gasteiger partial charge in [0.2, 0.25) is 0 Å². The topological polar surface area (TPSA) is 55.8 Å². The smallest absolute Gasteiger partial charge is 0.191 e. The second-order valence-electron chi connectivity index (χ2n) is 7.11. The SMILES string of the molecule is CN=C(NCCN(C)Cc1ccccc1)NC1CCN(c2ncccc2F)C1.I. The Labute approximate surface area is 189 Å². The van der Waals surface area contributed by atoms with Crippen molar-refractivity contribution in [2.75, 3.05) is 45.2 Å². The minimum Gasteiger partial charge on any atom is -0.355 e. The molecule has 1 saturated heterocycles. The molecule has 1 aromatic heterocycles. The third kappa shape index (κ3) is 7.11. The van der Waals surface area contributed by atoms with Crippen LogP contribution in [0.1, 0.15) is 12.0 Å². The zero-order valence-corrected chi connectivity index (χ0v) is 19.3. The highest BCUT2D eigenvalue weighted by Gasteiger charge is 2.25. The molecule has 2 aromatic rings. The standard InChI is InChI=1S/C21H29FN6.HI/c1-23-21(25-12-14-27(2)15-17-7-4-3-5-8-17)26-18-10-13-28(16-18)20-19(22)9-6-11-24-20;/h3-9,11,18H,10,12-16H2,1-2H3,(H2,23,25,26);1H. The third-order valence-electron chi connectivity index (χ3n) is 4.87. The Morgan fingerprint density at radius 1 is 1.28 bits per heavy atom. The summed E-state index contributed by atoms with van der Waals surface area (Å²) in [7, 11) is 3.88. The first-order chi connectivity index (χ1) is 13.7. The number of guanidine groups is 1. The van der Waals surface area contributed by atoms with Gasteiger partial charge in [0.05, 0.1) is 0 Å². The fourth-order valence-electron chi connectivity index (χ4n) is 3.41. The molecule has 1 aliphatic rings. The number of pyridine rings is 1. The molecule has 2 N–H and O–H groups in total. The van der Waals surface area contributed by atoms with E-state index in [0.717, 1.165) is 38.6 Å². The van der Waals surface area contributed by atoms with Gasteiger partial charge in [-0.25, -0.2) is 9.37 Å². The highest BCUT2D eigenvalue weighted by molar-refractivity contribution is 14.0. The number of anilines is 1. The molecule has 1 unspecified atom stereocenters. The van der Waals surface area contributed by atoms with E-state index < -0.39 is 0 Å². The lowest BCUT2D eigenvalue weighted by molar-refractivity contribution is 0.331. The summed E-state index contributed by atoms with van der Waals surface area (Å²) in [5.74, 6) is 0.936. The van der Waals surface area contributed by atoms with E-state index in [4.69, 9.17) is 0 Å². The number of nitrogens with zero attached hydrogens (tertiary/aromatic N) is 4. The van der Waals surface area contributed by atoms with Gasteiger partial charge in [-0.2, -0.15) is 0 Å². The average molecular weight is 512 g/mol. The van der Waals surface area contributed by atoms with Crippen molar-refractivity contribution in [3.63, 3.8) is 0 Å². The molecule has 0 radical (unpaired) electrons. The first-order valence-corrected chi connectivity index (χ1v) is 9.71. The lowest BCUT2D eigenvalue weighted by Crippen LogP contribution is -2.46. The molecule has 6 nitrogen and oxygen atoms in total. The number of nitrogens with one attached hydrogen (secondary N) is 2. The van der Waals surface area contributed by atoms with Gasteiger partial charge in [0.15, 0.2) is 17.6 Å². The van der Waals surface area contributed by atoms with Crippen molar-refractivity contribution in [3.05, 3.63) is 60.0 Å². The van der Waals surface area contributed by atoms with Gasteiger partial charge < -0.3 is 20.4 Å². The highest BCUT2D eigenvalue weighted by Crippen LogP contribution is 2.20. The lowest BCUT2D eigenvalue weighted by atomic mass is 10.2. The predicted octanol–water partition coefficient (Wildman–Crippen LogP) is 2.71. The average Bonchev–Trinajstić information content (AvgIpc) is 3.16. The van der Waals surface area contributed by atoms with Crippen LogP contribution in [-0.2, 0) is 6.54 Å². The van der Waals surface area contributed by atoms with Crippen LogP contribution in [0.15, 0.2) is 53.7 Å². The van der Waals surface area contributed by atoms with Gasteiger partial charge >= 0.3 is 0 Å². The molecule has 0 bridgehead atoms. The maximum absolute atomic E-state index is 13.9. The quantitative estimate of drug-likeness (QED) is 0.340. The van der Waals surface area contributed by atoms with Crippen LogP contribution in [0.2, 0.25) is 0 Å². The molecule has 0 saturated carbocycles. The maximum atomic E-state index is 13.9. The van der Waals surface area contributed by atoms with E-state index in [2.05, 4.69) is 56.8 Å². The van der Waals surface area contributed by atoms with Gasteiger partial charge in [-0.3, -0.25) is 4.99 Å². The maximum Gasteiger partial charge on any atom is 0.191 e. The fraction of sp³-hybridized carbons (Fsp3) is 0.429. The van der Waals surface area contributed by atoms with Crippen molar-refractivity contribution in [2.45, 2.75) is 19.0 Å². The predicted molar refractivity (Wildman–Crippen MR) is 128 cm³/mol. The van der Waals surface area contributed by atoms with Crippen LogP contribution in [0, 0.1) is 5.82 Å². The number of halogens is 2. The number of likely N-dealkylation sites (N-methyl/N-ethyl adjacent to an activating group) is 1. The van der Waals surface area contributed by atoms with Gasteiger partial charge in [-0.15, -0.1) is 24.0 Å². The number of benzene rings is 1. The van der Waals surface area contributed by atoms with Gasteiger partial charge in [-0.1, -0.05) is 30.3 Å². The van der Waals surface area contributed by atoms with E-state index in [-0.39, 0.29) is 35.8 Å². The Morgan fingerprint density at radius 3 is 2.79 bits per heavy atom. The minimum atomic E-state index is -0.271. The molecule has 1 fully saturated rings. The lowest BCUT2D eigenvalue weighted by Gasteiger charge is -2.21.